The van der Waals surface area contributed by atoms with E-state index < -0.39 is 5.97 Å². The van der Waals surface area contributed by atoms with Gasteiger partial charge in [-0.15, -0.1) is 0 Å². The molecule has 1 aliphatic rings. The zero-order chi connectivity index (χ0) is 16.8. The highest BCUT2D eigenvalue weighted by Crippen LogP contribution is 2.32. The van der Waals surface area contributed by atoms with Crippen LogP contribution >= 0.6 is 0 Å². The van der Waals surface area contributed by atoms with E-state index in [0.29, 0.717) is 24.6 Å². The minimum atomic E-state index is -1.03. The van der Waals surface area contributed by atoms with Crippen LogP contribution in [0.4, 0.5) is 0 Å². The predicted octanol–water partition coefficient (Wildman–Crippen LogP) is 0.903. The van der Waals surface area contributed by atoms with Crippen LogP contribution in [-0.2, 0) is 9.59 Å². The Morgan fingerprint density at radius 2 is 1.96 bits per heavy atom. The van der Waals surface area contributed by atoms with E-state index in [9.17, 15) is 9.59 Å². The number of carboxylic acids is 1. The second-order valence-electron chi connectivity index (χ2n) is 5.40. The normalized spacial score (nSPS) is 12.8. The maximum atomic E-state index is 12.2. The van der Waals surface area contributed by atoms with Crippen molar-refractivity contribution in [1.29, 1.82) is 0 Å². The van der Waals surface area contributed by atoms with E-state index in [1.54, 1.807) is 24.3 Å². The maximum absolute atomic E-state index is 12.2. The van der Waals surface area contributed by atoms with Crippen LogP contribution in [0.1, 0.15) is 5.56 Å². The van der Waals surface area contributed by atoms with Crippen LogP contribution in [0.15, 0.2) is 24.3 Å². The minimum Gasteiger partial charge on any atom is -0.480 e. The van der Waals surface area contributed by atoms with E-state index in [1.165, 1.54) is 11.0 Å². The fourth-order valence-electron chi connectivity index (χ4n) is 2.04. The largest absolute Gasteiger partial charge is 0.480 e. The van der Waals surface area contributed by atoms with Crippen molar-refractivity contribution >= 4 is 18.0 Å². The van der Waals surface area contributed by atoms with Crippen LogP contribution in [0, 0.1) is 0 Å². The minimum absolute atomic E-state index is 0.193. The highest BCUT2D eigenvalue weighted by atomic mass is 16.7. The van der Waals surface area contributed by atoms with Gasteiger partial charge < -0.3 is 24.4 Å². The number of rotatable bonds is 7. The summed E-state index contributed by atoms with van der Waals surface area (Å²) in [6.07, 6.45) is 3.00. The molecule has 1 aromatic carbocycles. The van der Waals surface area contributed by atoms with E-state index >= 15 is 0 Å². The van der Waals surface area contributed by atoms with Gasteiger partial charge in [0.25, 0.3) is 0 Å². The molecule has 0 aromatic heterocycles. The molecule has 0 unspecified atom stereocenters. The lowest BCUT2D eigenvalue weighted by Crippen LogP contribution is -2.39. The molecule has 0 atom stereocenters. The Morgan fingerprint density at radius 3 is 2.65 bits per heavy atom. The van der Waals surface area contributed by atoms with Gasteiger partial charge >= 0.3 is 5.97 Å². The number of amides is 1. The van der Waals surface area contributed by atoms with Gasteiger partial charge in [0.1, 0.15) is 6.54 Å². The van der Waals surface area contributed by atoms with E-state index in [4.69, 9.17) is 14.6 Å². The number of benzene rings is 1. The first-order valence-corrected chi connectivity index (χ1v) is 7.19. The van der Waals surface area contributed by atoms with Crippen LogP contribution in [0.25, 0.3) is 6.08 Å². The van der Waals surface area contributed by atoms with Gasteiger partial charge in [-0.1, -0.05) is 6.07 Å². The summed E-state index contributed by atoms with van der Waals surface area (Å²) in [5.74, 6) is -0.0675. The molecule has 124 valence electrons. The van der Waals surface area contributed by atoms with Crippen molar-refractivity contribution in [3.05, 3.63) is 29.8 Å². The van der Waals surface area contributed by atoms with Crippen molar-refractivity contribution in [3.63, 3.8) is 0 Å². The Hall–Kier alpha value is -2.54. The lowest BCUT2D eigenvalue weighted by molar-refractivity contribution is -0.142. The van der Waals surface area contributed by atoms with Crippen LogP contribution in [-0.4, -0.2) is 67.3 Å². The van der Waals surface area contributed by atoms with Gasteiger partial charge in [0, 0.05) is 19.2 Å². The summed E-state index contributed by atoms with van der Waals surface area (Å²) in [6, 6.07) is 5.35. The lowest BCUT2D eigenvalue weighted by Gasteiger charge is -2.21. The second kappa shape index (κ2) is 7.64. The monoisotopic (exact) mass is 320 g/mol. The SMILES string of the molecule is CN(C)CCN(CC(=O)O)C(=O)C=Cc1ccc2c(c1)OCO2. The summed E-state index contributed by atoms with van der Waals surface area (Å²) in [4.78, 5) is 26.3. The molecule has 1 aromatic rings. The number of hydrogen-bond acceptors (Lipinski definition) is 5. The molecule has 1 heterocycles. The zero-order valence-corrected chi connectivity index (χ0v) is 13.2. The summed E-state index contributed by atoms with van der Waals surface area (Å²) in [6.45, 7) is 0.816. The van der Waals surface area contributed by atoms with E-state index in [2.05, 4.69) is 0 Å². The molecule has 1 N–H and O–H groups in total. The molecule has 0 spiro atoms. The Balaban J connectivity index is 2.02. The summed E-state index contributed by atoms with van der Waals surface area (Å²) < 4.78 is 10.5. The average Bonchev–Trinajstić information content (AvgIpc) is 2.96. The number of hydrogen-bond donors (Lipinski definition) is 1. The highest BCUT2D eigenvalue weighted by Gasteiger charge is 2.15. The van der Waals surface area contributed by atoms with Crippen LogP contribution in [0.5, 0.6) is 11.5 Å². The first-order valence-electron chi connectivity index (χ1n) is 7.19. The molecule has 0 fully saturated rings. The summed E-state index contributed by atoms with van der Waals surface area (Å²) in [5.41, 5.74) is 0.783. The third-order valence-corrected chi connectivity index (χ3v) is 3.27. The van der Waals surface area contributed by atoms with Crippen molar-refractivity contribution in [2.75, 3.05) is 40.5 Å². The first kappa shape index (κ1) is 16.8. The fraction of sp³-hybridized carbons (Fsp3) is 0.375. The molecule has 7 heteroatoms. The highest BCUT2D eigenvalue weighted by molar-refractivity contribution is 5.93. The topological polar surface area (TPSA) is 79.3 Å². The van der Waals surface area contributed by atoms with Gasteiger partial charge in [-0.3, -0.25) is 9.59 Å². The van der Waals surface area contributed by atoms with Crippen LogP contribution in [0.2, 0.25) is 0 Å². The molecule has 23 heavy (non-hydrogen) atoms. The average molecular weight is 320 g/mol. The number of aliphatic carboxylic acids is 1. The second-order valence-corrected chi connectivity index (χ2v) is 5.40. The summed E-state index contributed by atoms with van der Waals surface area (Å²) in [7, 11) is 3.73. The molecular formula is C16H20N2O5. The van der Waals surface area contributed by atoms with Gasteiger partial charge in [0.05, 0.1) is 0 Å². The molecule has 0 saturated heterocycles. The summed E-state index contributed by atoms with van der Waals surface area (Å²) in [5, 5.41) is 8.93. The Kier molecular flexibility index (Phi) is 5.59. The van der Waals surface area contributed by atoms with Gasteiger partial charge in [0.2, 0.25) is 12.7 Å². The quantitative estimate of drug-likeness (QED) is 0.752. The molecule has 0 radical (unpaired) electrons. The van der Waals surface area contributed by atoms with Crippen molar-refractivity contribution in [1.82, 2.24) is 9.80 Å². The predicted molar refractivity (Wildman–Crippen MR) is 84.4 cm³/mol. The van der Waals surface area contributed by atoms with Crippen LogP contribution in [0.3, 0.4) is 0 Å². The van der Waals surface area contributed by atoms with Gasteiger partial charge in [0.15, 0.2) is 11.5 Å². The third-order valence-electron chi connectivity index (χ3n) is 3.27. The van der Waals surface area contributed by atoms with Gasteiger partial charge in [-0.05, 0) is 37.9 Å². The Morgan fingerprint density at radius 1 is 1.22 bits per heavy atom. The zero-order valence-electron chi connectivity index (χ0n) is 13.2. The number of fused-ring (bicyclic) bond motifs is 1. The van der Waals surface area contributed by atoms with E-state index in [1.807, 2.05) is 19.0 Å². The van der Waals surface area contributed by atoms with Crippen molar-refractivity contribution in [2.45, 2.75) is 0 Å². The Labute approximate surface area is 134 Å². The molecule has 2 rings (SSSR count). The van der Waals surface area contributed by atoms with E-state index in [0.717, 1.165) is 5.56 Å². The standard InChI is InChI=1S/C16H20N2O5/c1-17(2)7-8-18(10-16(20)21)15(19)6-4-12-3-5-13-14(9-12)23-11-22-13/h3-6,9H,7-8,10-11H2,1-2H3,(H,20,21). The molecule has 7 nitrogen and oxygen atoms in total. The third kappa shape index (κ3) is 5.00. The van der Waals surface area contributed by atoms with Crippen molar-refractivity contribution < 1.29 is 24.2 Å². The smallest absolute Gasteiger partial charge is 0.323 e. The maximum Gasteiger partial charge on any atom is 0.323 e. The van der Waals surface area contributed by atoms with Crippen molar-refractivity contribution in [2.24, 2.45) is 0 Å². The molecule has 1 amide bonds. The van der Waals surface area contributed by atoms with Crippen molar-refractivity contribution in [3.8, 4) is 11.5 Å². The lowest BCUT2D eigenvalue weighted by atomic mass is 10.2. The number of likely N-dealkylation sites (N-methyl/N-ethyl adjacent to an activating group) is 1. The summed E-state index contributed by atoms with van der Waals surface area (Å²) >= 11 is 0. The molecule has 0 saturated carbocycles. The van der Waals surface area contributed by atoms with Gasteiger partial charge in [-0.25, -0.2) is 0 Å². The molecule has 1 aliphatic heterocycles. The first-order chi connectivity index (χ1) is 11.0. The molecule has 0 aliphatic carbocycles. The molecule has 0 bridgehead atoms. The van der Waals surface area contributed by atoms with Crippen LogP contribution < -0.4 is 9.47 Å². The number of carboxylic acid groups (broad SMARTS) is 1. The fourth-order valence-corrected chi connectivity index (χ4v) is 2.04. The number of nitrogens with zero attached hydrogens (tertiary/aromatic N) is 2. The van der Waals surface area contributed by atoms with E-state index in [-0.39, 0.29) is 19.2 Å². The number of ether oxygens (including phenoxy) is 2. The number of carbonyl (C=O) groups excluding carboxylic acids is 1. The van der Waals surface area contributed by atoms with Gasteiger partial charge in [-0.2, -0.15) is 0 Å². The number of carbonyl (C=O) groups is 2. The molecular weight excluding hydrogens is 300 g/mol. The Bertz CT molecular complexity index is 612.